The van der Waals surface area contributed by atoms with E-state index in [2.05, 4.69) is 40.1 Å². The quantitative estimate of drug-likeness (QED) is 0.898. The summed E-state index contributed by atoms with van der Waals surface area (Å²) < 4.78 is 0.952. The number of halogens is 2. The molecule has 0 aliphatic carbocycles. The zero-order valence-electron chi connectivity index (χ0n) is 8.77. The van der Waals surface area contributed by atoms with Gasteiger partial charge in [-0.1, -0.05) is 13.8 Å². The van der Waals surface area contributed by atoms with E-state index in [-0.39, 0.29) is 25.1 Å². The smallest absolute Gasteiger partial charge is 0.126 e. The summed E-state index contributed by atoms with van der Waals surface area (Å²) in [5.74, 6) is 1.17. The first-order valence-electron chi connectivity index (χ1n) is 4.62. The topological polar surface area (TPSA) is 45.1 Å². The molecule has 0 saturated carbocycles. The van der Waals surface area contributed by atoms with E-state index < -0.39 is 0 Å². The van der Waals surface area contributed by atoms with Gasteiger partial charge >= 0.3 is 0 Å². The fourth-order valence-electron chi connectivity index (χ4n) is 1.07. The van der Waals surface area contributed by atoms with Crippen molar-refractivity contribution in [3.8, 4) is 0 Å². The molecule has 0 aliphatic heterocycles. The van der Waals surface area contributed by atoms with Crippen molar-refractivity contribution in [3.05, 3.63) is 22.8 Å². The summed E-state index contributed by atoms with van der Waals surface area (Å²) in [4.78, 5) is 4.18. The lowest BCUT2D eigenvalue weighted by Gasteiger charge is -2.20. The van der Waals surface area contributed by atoms with Gasteiger partial charge in [-0.05, 0) is 34.0 Å². The zero-order valence-corrected chi connectivity index (χ0v) is 11.2. The summed E-state index contributed by atoms with van der Waals surface area (Å²) in [7, 11) is 0. The summed E-state index contributed by atoms with van der Waals surface area (Å²) in [5, 5.41) is 12.3. The number of nitrogens with zero attached hydrogens (tertiary/aromatic N) is 1. The molecule has 1 rings (SSSR count). The number of aliphatic hydroxyl groups excluding tert-OH is 1. The van der Waals surface area contributed by atoms with Gasteiger partial charge in [0.1, 0.15) is 5.82 Å². The first-order valence-corrected chi connectivity index (χ1v) is 5.41. The second-order valence-corrected chi connectivity index (χ2v) is 4.45. The van der Waals surface area contributed by atoms with E-state index >= 15 is 0 Å². The van der Waals surface area contributed by atoms with Gasteiger partial charge < -0.3 is 10.4 Å². The van der Waals surface area contributed by atoms with Crippen LogP contribution in [0, 0.1) is 5.92 Å². The number of pyridine rings is 1. The number of anilines is 1. The third kappa shape index (κ3) is 4.82. The van der Waals surface area contributed by atoms with Crippen molar-refractivity contribution in [1.82, 2.24) is 4.98 Å². The summed E-state index contributed by atoms with van der Waals surface area (Å²) >= 11 is 3.32. The lowest BCUT2D eigenvalue weighted by atomic mass is 10.1. The maximum Gasteiger partial charge on any atom is 0.126 e. The van der Waals surface area contributed by atoms with Gasteiger partial charge in [-0.15, -0.1) is 12.4 Å². The standard InChI is InChI=1S/C10H15BrN2O.ClH/c1-7(2)9(6-14)13-10-4-3-8(11)5-12-10;/h3-5,7,9,14H,6H2,1-2H3,(H,12,13);1H/t9-;/m1./s1. The minimum absolute atomic E-state index is 0. The third-order valence-corrected chi connectivity index (χ3v) is 2.53. The molecule has 0 aliphatic rings. The Morgan fingerprint density at radius 2 is 2.13 bits per heavy atom. The maximum atomic E-state index is 9.11. The molecule has 0 fully saturated rings. The Morgan fingerprint density at radius 1 is 1.47 bits per heavy atom. The number of rotatable bonds is 4. The normalized spacial score (nSPS) is 12.1. The number of hydrogen-bond donors (Lipinski definition) is 2. The predicted molar refractivity (Wildman–Crippen MR) is 68.5 cm³/mol. The van der Waals surface area contributed by atoms with Gasteiger partial charge in [0.05, 0.1) is 12.6 Å². The molecule has 5 heteroatoms. The molecule has 86 valence electrons. The summed E-state index contributed by atoms with van der Waals surface area (Å²) in [6, 6.07) is 3.86. The van der Waals surface area contributed by atoms with Crippen LogP contribution in [0.3, 0.4) is 0 Å². The molecule has 1 aromatic rings. The molecule has 0 aromatic carbocycles. The van der Waals surface area contributed by atoms with Crippen molar-refractivity contribution in [2.24, 2.45) is 5.92 Å². The minimum atomic E-state index is 0. The average molecular weight is 296 g/mol. The molecule has 2 N–H and O–H groups in total. The van der Waals surface area contributed by atoms with Gasteiger partial charge in [0.2, 0.25) is 0 Å². The Bertz CT molecular complexity index is 279. The number of hydrogen-bond acceptors (Lipinski definition) is 3. The molecule has 15 heavy (non-hydrogen) atoms. The van der Waals surface area contributed by atoms with Gasteiger partial charge in [-0.3, -0.25) is 0 Å². The van der Waals surface area contributed by atoms with Gasteiger partial charge in [-0.25, -0.2) is 4.98 Å². The van der Waals surface area contributed by atoms with Gasteiger partial charge in [0, 0.05) is 10.7 Å². The van der Waals surface area contributed by atoms with Gasteiger partial charge in [0.25, 0.3) is 0 Å². The monoisotopic (exact) mass is 294 g/mol. The molecule has 0 saturated heterocycles. The van der Waals surface area contributed by atoms with Crippen LogP contribution in [0.1, 0.15) is 13.8 Å². The molecule has 1 aromatic heterocycles. The van der Waals surface area contributed by atoms with Crippen LogP contribution in [0.2, 0.25) is 0 Å². The van der Waals surface area contributed by atoms with E-state index in [1.54, 1.807) is 6.20 Å². The van der Waals surface area contributed by atoms with Crippen molar-refractivity contribution in [2.75, 3.05) is 11.9 Å². The lowest BCUT2D eigenvalue weighted by molar-refractivity contribution is 0.249. The van der Waals surface area contributed by atoms with Crippen LogP contribution in [-0.4, -0.2) is 22.7 Å². The molecule has 0 spiro atoms. The van der Waals surface area contributed by atoms with Crippen LogP contribution in [0.25, 0.3) is 0 Å². The van der Waals surface area contributed by atoms with E-state index in [1.165, 1.54) is 0 Å². The lowest BCUT2D eigenvalue weighted by Crippen LogP contribution is -2.29. The fourth-order valence-corrected chi connectivity index (χ4v) is 1.31. The minimum Gasteiger partial charge on any atom is -0.394 e. The fraction of sp³-hybridized carbons (Fsp3) is 0.500. The first-order chi connectivity index (χ1) is 6.63. The van der Waals surface area contributed by atoms with Crippen LogP contribution < -0.4 is 5.32 Å². The molecular formula is C10H16BrClN2O. The van der Waals surface area contributed by atoms with E-state index in [0.717, 1.165) is 10.3 Å². The summed E-state index contributed by atoms with van der Waals surface area (Å²) in [5.41, 5.74) is 0. The molecule has 0 radical (unpaired) electrons. The molecule has 0 bridgehead atoms. The zero-order chi connectivity index (χ0) is 10.6. The van der Waals surface area contributed by atoms with E-state index in [9.17, 15) is 0 Å². The second-order valence-electron chi connectivity index (χ2n) is 3.54. The molecule has 1 heterocycles. The molecule has 0 unspecified atom stereocenters. The van der Waals surface area contributed by atoms with Crippen molar-refractivity contribution in [3.63, 3.8) is 0 Å². The average Bonchev–Trinajstić information content (AvgIpc) is 2.16. The molecular weight excluding hydrogens is 279 g/mol. The van der Waals surface area contributed by atoms with Crippen molar-refractivity contribution < 1.29 is 5.11 Å². The van der Waals surface area contributed by atoms with Crippen molar-refractivity contribution in [1.29, 1.82) is 0 Å². The molecule has 3 nitrogen and oxygen atoms in total. The SMILES string of the molecule is CC(C)[C@@H](CO)Nc1ccc(Br)cn1.Cl. The first kappa shape index (κ1) is 14.7. The Labute approximate surface area is 105 Å². The second kappa shape index (κ2) is 7.04. The van der Waals surface area contributed by atoms with Crippen LogP contribution in [0.15, 0.2) is 22.8 Å². The molecule has 1 atom stereocenters. The Kier molecular flexibility index (Phi) is 6.89. The molecule has 0 amide bonds. The third-order valence-electron chi connectivity index (χ3n) is 2.06. The van der Waals surface area contributed by atoms with Crippen molar-refractivity contribution >= 4 is 34.2 Å². The highest BCUT2D eigenvalue weighted by molar-refractivity contribution is 9.10. The Hall–Kier alpha value is -0.320. The van der Waals surface area contributed by atoms with Crippen LogP contribution in [0.5, 0.6) is 0 Å². The van der Waals surface area contributed by atoms with Crippen molar-refractivity contribution in [2.45, 2.75) is 19.9 Å². The largest absolute Gasteiger partial charge is 0.394 e. The Morgan fingerprint density at radius 3 is 2.53 bits per heavy atom. The summed E-state index contributed by atoms with van der Waals surface area (Å²) in [6.07, 6.45) is 1.73. The van der Waals surface area contributed by atoms with Crippen LogP contribution in [-0.2, 0) is 0 Å². The van der Waals surface area contributed by atoms with E-state index in [1.807, 2.05) is 12.1 Å². The highest BCUT2D eigenvalue weighted by Gasteiger charge is 2.11. The van der Waals surface area contributed by atoms with Gasteiger partial charge in [-0.2, -0.15) is 0 Å². The number of aromatic nitrogens is 1. The summed E-state index contributed by atoms with van der Waals surface area (Å²) in [6.45, 7) is 4.24. The highest BCUT2D eigenvalue weighted by atomic mass is 79.9. The highest BCUT2D eigenvalue weighted by Crippen LogP contribution is 2.13. The maximum absolute atomic E-state index is 9.11. The van der Waals surface area contributed by atoms with E-state index in [0.29, 0.717) is 5.92 Å². The van der Waals surface area contributed by atoms with Crippen LogP contribution in [0.4, 0.5) is 5.82 Å². The Balaban J connectivity index is 0.00000196. The van der Waals surface area contributed by atoms with Gasteiger partial charge in [0.15, 0.2) is 0 Å². The number of aliphatic hydroxyl groups is 1. The predicted octanol–water partition coefficient (Wildman–Crippen LogP) is 2.69. The van der Waals surface area contributed by atoms with Crippen LogP contribution >= 0.6 is 28.3 Å². The van der Waals surface area contributed by atoms with E-state index in [4.69, 9.17) is 5.11 Å². The number of nitrogens with one attached hydrogen (secondary N) is 1.